The number of methoxy groups -OCH3 is 1. The lowest BCUT2D eigenvalue weighted by Crippen LogP contribution is -1.84. The topological polar surface area (TPSA) is 9.23 Å². The van der Waals surface area contributed by atoms with E-state index in [0.717, 1.165) is 15.6 Å². The van der Waals surface area contributed by atoms with E-state index in [1.807, 2.05) is 38.1 Å². The van der Waals surface area contributed by atoms with Crippen LogP contribution < -0.4 is 4.74 Å². The van der Waals surface area contributed by atoms with Crippen molar-refractivity contribution in [2.75, 3.05) is 7.11 Å². The van der Waals surface area contributed by atoms with E-state index in [-0.39, 0.29) is 0 Å². The molecule has 0 bridgehead atoms. The van der Waals surface area contributed by atoms with Crippen molar-refractivity contribution in [2.24, 2.45) is 0 Å². The van der Waals surface area contributed by atoms with E-state index in [2.05, 4.69) is 28.1 Å². The van der Waals surface area contributed by atoms with E-state index in [0.29, 0.717) is 0 Å². The Labute approximate surface area is 99.2 Å². The van der Waals surface area contributed by atoms with Crippen LogP contribution in [-0.4, -0.2) is 7.11 Å². The molecule has 0 unspecified atom stereocenters. The van der Waals surface area contributed by atoms with Crippen LogP contribution in [-0.2, 0) is 0 Å². The number of halogens is 1. The van der Waals surface area contributed by atoms with Gasteiger partial charge in [0.1, 0.15) is 5.75 Å². The summed E-state index contributed by atoms with van der Waals surface area (Å²) in [4.78, 5) is 0. The lowest BCUT2D eigenvalue weighted by atomic mass is 10.1. The van der Waals surface area contributed by atoms with Gasteiger partial charge in [-0.2, -0.15) is 0 Å². The van der Waals surface area contributed by atoms with Gasteiger partial charge in [0.05, 0.1) is 7.11 Å². The summed E-state index contributed by atoms with van der Waals surface area (Å²) < 4.78 is 6.36. The Morgan fingerprint density at radius 2 is 1.53 bits per heavy atom. The number of benzene rings is 2. The van der Waals surface area contributed by atoms with Crippen LogP contribution >= 0.6 is 15.9 Å². The Kier molecular flexibility index (Phi) is 4.63. The molecular formula is C13H15BrO. The maximum Gasteiger partial charge on any atom is 0.126 e. The average Bonchev–Trinajstić information content (AvgIpc) is 2.33. The summed E-state index contributed by atoms with van der Waals surface area (Å²) in [5.74, 6) is 0.916. The van der Waals surface area contributed by atoms with Crippen molar-refractivity contribution in [2.45, 2.75) is 13.8 Å². The van der Waals surface area contributed by atoms with Crippen molar-refractivity contribution in [3.05, 3.63) is 40.9 Å². The predicted molar refractivity (Wildman–Crippen MR) is 69.5 cm³/mol. The average molecular weight is 267 g/mol. The Hall–Kier alpha value is -1.02. The van der Waals surface area contributed by atoms with Gasteiger partial charge >= 0.3 is 0 Å². The van der Waals surface area contributed by atoms with E-state index < -0.39 is 0 Å². The quantitative estimate of drug-likeness (QED) is 0.731. The largest absolute Gasteiger partial charge is 0.496 e. The minimum Gasteiger partial charge on any atom is -0.496 e. The van der Waals surface area contributed by atoms with Crippen LogP contribution in [0.1, 0.15) is 13.8 Å². The van der Waals surface area contributed by atoms with Gasteiger partial charge in [-0.25, -0.2) is 0 Å². The van der Waals surface area contributed by atoms with Crippen LogP contribution in [0.15, 0.2) is 40.9 Å². The summed E-state index contributed by atoms with van der Waals surface area (Å²) in [6.07, 6.45) is 0. The van der Waals surface area contributed by atoms with Gasteiger partial charge in [-0.05, 0) is 17.5 Å². The van der Waals surface area contributed by atoms with Crippen molar-refractivity contribution in [3.8, 4) is 5.75 Å². The minimum atomic E-state index is 0.916. The Bertz CT molecular complexity index is 437. The number of fused-ring (bicyclic) bond motifs is 1. The fourth-order valence-corrected chi connectivity index (χ4v) is 1.89. The van der Waals surface area contributed by atoms with Gasteiger partial charge < -0.3 is 4.74 Å². The fraction of sp³-hybridized carbons (Fsp3) is 0.231. The monoisotopic (exact) mass is 266 g/mol. The molecule has 0 atom stereocenters. The zero-order valence-electron chi connectivity index (χ0n) is 9.25. The van der Waals surface area contributed by atoms with Crippen molar-refractivity contribution in [3.63, 3.8) is 0 Å². The highest BCUT2D eigenvalue weighted by atomic mass is 79.9. The summed E-state index contributed by atoms with van der Waals surface area (Å²) in [6.45, 7) is 4.00. The first-order chi connectivity index (χ1) is 7.33. The van der Waals surface area contributed by atoms with Gasteiger partial charge in [-0.3, -0.25) is 0 Å². The molecule has 80 valence electrons. The number of hydrogen-bond acceptors (Lipinski definition) is 1. The van der Waals surface area contributed by atoms with Gasteiger partial charge in [-0.15, -0.1) is 0 Å². The van der Waals surface area contributed by atoms with Gasteiger partial charge in [-0.1, -0.05) is 54.0 Å². The zero-order chi connectivity index (χ0) is 11.3. The molecule has 1 nitrogen and oxygen atoms in total. The van der Waals surface area contributed by atoms with Crippen LogP contribution in [0.5, 0.6) is 5.75 Å². The summed E-state index contributed by atoms with van der Waals surface area (Å²) in [6, 6.07) is 12.1. The van der Waals surface area contributed by atoms with Crippen molar-refractivity contribution in [1.29, 1.82) is 0 Å². The molecule has 2 heteroatoms. The van der Waals surface area contributed by atoms with Gasteiger partial charge in [0.2, 0.25) is 0 Å². The third-order valence-electron chi connectivity index (χ3n) is 2.05. The molecule has 2 aromatic carbocycles. The summed E-state index contributed by atoms with van der Waals surface area (Å²) in [5, 5.41) is 2.32. The molecule has 0 heterocycles. The Morgan fingerprint density at radius 1 is 0.933 bits per heavy atom. The van der Waals surface area contributed by atoms with E-state index in [1.54, 1.807) is 7.11 Å². The molecule has 0 fully saturated rings. The first-order valence-corrected chi connectivity index (χ1v) is 5.83. The molecule has 0 N–H and O–H groups in total. The molecule has 0 amide bonds. The standard InChI is InChI=1S/C11H9BrO.C2H6/c1-13-11-7-6-10(12)8-4-2-3-5-9(8)11;1-2/h2-7H,1H3;1-2H3. The van der Waals surface area contributed by atoms with Crippen LogP contribution in [0, 0.1) is 0 Å². The van der Waals surface area contributed by atoms with Gasteiger partial charge in [0, 0.05) is 9.86 Å². The van der Waals surface area contributed by atoms with Crippen molar-refractivity contribution < 1.29 is 4.74 Å². The SMILES string of the molecule is CC.COc1ccc(Br)c2ccccc12. The van der Waals surface area contributed by atoms with Crippen LogP contribution in [0.25, 0.3) is 10.8 Å². The molecule has 0 radical (unpaired) electrons. The molecule has 2 rings (SSSR count). The number of rotatable bonds is 1. The highest BCUT2D eigenvalue weighted by molar-refractivity contribution is 9.10. The second-order valence-electron chi connectivity index (χ2n) is 2.80. The van der Waals surface area contributed by atoms with Gasteiger partial charge in [0.25, 0.3) is 0 Å². The maximum absolute atomic E-state index is 5.26. The van der Waals surface area contributed by atoms with Crippen LogP contribution in [0.3, 0.4) is 0 Å². The molecule has 15 heavy (non-hydrogen) atoms. The fourth-order valence-electron chi connectivity index (χ4n) is 1.41. The summed E-state index contributed by atoms with van der Waals surface area (Å²) >= 11 is 3.50. The van der Waals surface area contributed by atoms with Crippen LogP contribution in [0.4, 0.5) is 0 Å². The lowest BCUT2D eigenvalue weighted by Gasteiger charge is -2.05. The highest BCUT2D eigenvalue weighted by Gasteiger charge is 2.02. The molecule has 0 aliphatic heterocycles. The van der Waals surface area contributed by atoms with E-state index in [9.17, 15) is 0 Å². The molecule has 0 spiro atoms. The molecular weight excluding hydrogens is 252 g/mol. The first kappa shape index (κ1) is 12.1. The van der Waals surface area contributed by atoms with Crippen molar-refractivity contribution in [1.82, 2.24) is 0 Å². The lowest BCUT2D eigenvalue weighted by molar-refractivity contribution is 0.420. The second-order valence-corrected chi connectivity index (χ2v) is 3.65. The van der Waals surface area contributed by atoms with Gasteiger partial charge in [0.15, 0.2) is 0 Å². The highest BCUT2D eigenvalue weighted by Crippen LogP contribution is 2.30. The normalized spacial score (nSPS) is 9.33. The molecule has 0 aromatic heterocycles. The molecule has 0 saturated carbocycles. The summed E-state index contributed by atoms with van der Waals surface area (Å²) in [5.41, 5.74) is 0. The minimum absolute atomic E-state index is 0.916. The predicted octanol–water partition coefficient (Wildman–Crippen LogP) is 4.64. The third-order valence-corrected chi connectivity index (χ3v) is 2.74. The first-order valence-electron chi connectivity index (χ1n) is 5.04. The zero-order valence-corrected chi connectivity index (χ0v) is 10.8. The second kappa shape index (κ2) is 5.76. The number of hydrogen-bond donors (Lipinski definition) is 0. The molecule has 0 saturated heterocycles. The Balaban J connectivity index is 0.000000531. The molecule has 0 aliphatic rings. The Morgan fingerprint density at radius 3 is 2.13 bits per heavy atom. The molecule has 2 aromatic rings. The van der Waals surface area contributed by atoms with Crippen LogP contribution in [0.2, 0.25) is 0 Å². The van der Waals surface area contributed by atoms with E-state index in [4.69, 9.17) is 4.74 Å². The van der Waals surface area contributed by atoms with E-state index >= 15 is 0 Å². The maximum atomic E-state index is 5.26. The third kappa shape index (κ3) is 2.51. The van der Waals surface area contributed by atoms with E-state index in [1.165, 1.54) is 5.39 Å². The number of ether oxygens (including phenoxy) is 1. The molecule has 0 aliphatic carbocycles. The summed E-state index contributed by atoms with van der Waals surface area (Å²) in [7, 11) is 1.69. The smallest absolute Gasteiger partial charge is 0.126 e. The van der Waals surface area contributed by atoms with Crippen molar-refractivity contribution >= 4 is 26.7 Å².